The van der Waals surface area contributed by atoms with E-state index in [4.69, 9.17) is 0 Å². The Morgan fingerprint density at radius 1 is 1.36 bits per heavy atom. The molecule has 0 spiro atoms. The summed E-state index contributed by atoms with van der Waals surface area (Å²) in [6.45, 7) is 4.87. The first-order chi connectivity index (χ1) is 6.74. The third-order valence-corrected chi connectivity index (χ3v) is 2.82. The highest BCUT2D eigenvalue weighted by molar-refractivity contribution is 5.97. The van der Waals surface area contributed by atoms with E-state index in [2.05, 4.69) is 25.1 Å². The Hall–Kier alpha value is -1.31. The van der Waals surface area contributed by atoms with Gasteiger partial charge in [0, 0.05) is 18.7 Å². The summed E-state index contributed by atoms with van der Waals surface area (Å²) in [4.78, 5) is 13.6. The van der Waals surface area contributed by atoms with Gasteiger partial charge < -0.3 is 4.90 Å². The average molecular weight is 189 g/mol. The monoisotopic (exact) mass is 189 g/mol. The lowest BCUT2D eigenvalue weighted by Gasteiger charge is -2.29. The van der Waals surface area contributed by atoms with Crippen LogP contribution in [0.1, 0.15) is 24.5 Å². The standard InChI is InChI=1S/C12H15NO/c1-3-13-11(14)8-7-10-6-4-5-9(2)12(10)13/h4-6H,3,7-8H2,1-2H3. The number of carbonyl (C=O) groups is 1. The van der Waals surface area contributed by atoms with E-state index < -0.39 is 0 Å². The number of aryl methyl sites for hydroxylation is 2. The molecule has 74 valence electrons. The highest BCUT2D eigenvalue weighted by Crippen LogP contribution is 2.30. The molecule has 2 nitrogen and oxygen atoms in total. The molecule has 0 saturated heterocycles. The largest absolute Gasteiger partial charge is 0.312 e. The van der Waals surface area contributed by atoms with Crippen LogP contribution < -0.4 is 4.90 Å². The van der Waals surface area contributed by atoms with E-state index in [-0.39, 0.29) is 5.91 Å². The lowest BCUT2D eigenvalue weighted by molar-refractivity contribution is -0.118. The van der Waals surface area contributed by atoms with E-state index in [9.17, 15) is 4.79 Å². The van der Waals surface area contributed by atoms with Gasteiger partial charge in [0.15, 0.2) is 0 Å². The van der Waals surface area contributed by atoms with Gasteiger partial charge in [0.2, 0.25) is 5.91 Å². The molecule has 0 aliphatic carbocycles. The summed E-state index contributed by atoms with van der Waals surface area (Å²) >= 11 is 0. The molecule has 0 N–H and O–H groups in total. The molecular weight excluding hydrogens is 174 g/mol. The molecule has 0 aromatic heterocycles. The fraction of sp³-hybridized carbons (Fsp3) is 0.417. The van der Waals surface area contributed by atoms with Crippen LogP contribution in [-0.2, 0) is 11.2 Å². The smallest absolute Gasteiger partial charge is 0.227 e. The van der Waals surface area contributed by atoms with Crippen LogP contribution in [0.4, 0.5) is 5.69 Å². The van der Waals surface area contributed by atoms with Gasteiger partial charge in [0.05, 0.1) is 0 Å². The third-order valence-electron chi connectivity index (χ3n) is 2.82. The molecule has 0 saturated carbocycles. The number of anilines is 1. The van der Waals surface area contributed by atoms with Crippen molar-refractivity contribution in [2.75, 3.05) is 11.4 Å². The normalized spacial score (nSPS) is 15.6. The van der Waals surface area contributed by atoms with Crippen molar-refractivity contribution in [1.29, 1.82) is 0 Å². The number of para-hydroxylation sites is 1. The summed E-state index contributed by atoms with van der Waals surface area (Å²) in [6.07, 6.45) is 1.55. The van der Waals surface area contributed by atoms with Crippen molar-refractivity contribution in [3.8, 4) is 0 Å². The first kappa shape index (κ1) is 9.25. The highest BCUT2D eigenvalue weighted by Gasteiger charge is 2.23. The minimum Gasteiger partial charge on any atom is -0.312 e. The first-order valence-corrected chi connectivity index (χ1v) is 5.13. The minimum absolute atomic E-state index is 0.259. The van der Waals surface area contributed by atoms with Crippen LogP contribution in [0.3, 0.4) is 0 Å². The molecule has 1 aromatic carbocycles. The summed E-state index contributed by atoms with van der Waals surface area (Å²) in [5.41, 5.74) is 3.66. The maximum absolute atomic E-state index is 11.7. The predicted octanol–water partition coefficient (Wildman–Crippen LogP) is 2.29. The van der Waals surface area contributed by atoms with Crippen LogP contribution >= 0.6 is 0 Å². The van der Waals surface area contributed by atoms with Gasteiger partial charge in [-0.2, -0.15) is 0 Å². The maximum Gasteiger partial charge on any atom is 0.227 e. The molecule has 0 radical (unpaired) electrons. The highest BCUT2D eigenvalue weighted by atomic mass is 16.2. The molecule has 14 heavy (non-hydrogen) atoms. The Labute approximate surface area is 84.5 Å². The van der Waals surface area contributed by atoms with E-state index in [1.807, 2.05) is 11.8 Å². The van der Waals surface area contributed by atoms with Crippen molar-refractivity contribution in [2.45, 2.75) is 26.7 Å². The number of benzene rings is 1. The van der Waals surface area contributed by atoms with Gasteiger partial charge in [-0.3, -0.25) is 4.79 Å². The molecular formula is C12H15NO. The zero-order valence-corrected chi connectivity index (χ0v) is 8.71. The topological polar surface area (TPSA) is 20.3 Å². The molecule has 1 heterocycles. The van der Waals surface area contributed by atoms with E-state index >= 15 is 0 Å². The summed E-state index contributed by atoms with van der Waals surface area (Å²) < 4.78 is 0. The fourth-order valence-electron chi connectivity index (χ4n) is 2.14. The van der Waals surface area contributed by atoms with E-state index in [1.54, 1.807) is 0 Å². The SMILES string of the molecule is CCN1C(=O)CCc2cccc(C)c21. The molecule has 1 aliphatic heterocycles. The van der Waals surface area contributed by atoms with Gasteiger partial charge in [-0.15, -0.1) is 0 Å². The molecule has 1 amide bonds. The van der Waals surface area contributed by atoms with E-state index in [1.165, 1.54) is 11.1 Å². The number of hydrogen-bond donors (Lipinski definition) is 0. The summed E-state index contributed by atoms with van der Waals surface area (Å²) in [6, 6.07) is 6.26. The molecule has 0 atom stereocenters. The molecule has 2 rings (SSSR count). The Bertz CT molecular complexity index is 371. The molecule has 1 aliphatic rings. The van der Waals surface area contributed by atoms with Crippen molar-refractivity contribution in [1.82, 2.24) is 0 Å². The fourth-order valence-corrected chi connectivity index (χ4v) is 2.14. The number of carbonyl (C=O) groups excluding carboxylic acids is 1. The zero-order valence-electron chi connectivity index (χ0n) is 8.71. The molecule has 2 heteroatoms. The quantitative estimate of drug-likeness (QED) is 0.663. The lowest BCUT2D eigenvalue weighted by atomic mass is 9.98. The predicted molar refractivity (Wildman–Crippen MR) is 57.5 cm³/mol. The number of nitrogens with zero attached hydrogens (tertiary/aromatic N) is 1. The van der Waals surface area contributed by atoms with Crippen LogP contribution in [0.25, 0.3) is 0 Å². The number of fused-ring (bicyclic) bond motifs is 1. The van der Waals surface area contributed by atoms with Crippen molar-refractivity contribution >= 4 is 11.6 Å². The minimum atomic E-state index is 0.259. The van der Waals surface area contributed by atoms with Gasteiger partial charge in [-0.05, 0) is 31.4 Å². The summed E-state index contributed by atoms with van der Waals surface area (Å²) in [5, 5.41) is 0. The summed E-state index contributed by atoms with van der Waals surface area (Å²) in [7, 11) is 0. The number of hydrogen-bond acceptors (Lipinski definition) is 1. The second-order valence-electron chi connectivity index (χ2n) is 3.72. The maximum atomic E-state index is 11.7. The van der Waals surface area contributed by atoms with Gasteiger partial charge in [-0.1, -0.05) is 18.2 Å². The molecule has 0 unspecified atom stereocenters. The van der Waals surface area contributed by atoms with Crippen molar-refractivity contribution in [3.63, 3.8) is 0 Å². The Morgan fingerprint density at radius 2 is 2.14 bits per heavy atom. The van der Waals surface area contributed by atoms with Crippen LogP contribution in [0.5, 0.6) is 0 Å². The van der Waals surface area contributed by atoms with Crippen LogP contribution in [0, 0.1) is 6.92 Å². The van der Waals surface area contributed by atoms with Crippen LogP contribution in [0.15, 0.2) is 18.2 Å². The Balaban J connectivity index is 2.54. The third kappa shape index (κ3) is 1.31. The van der Waals surface area contributed by atoms with Crippen LogP contribution in [-0.4, -0.2) is 12.5 Å². The molecule has 0 fully saturated rings. The van der Waals surface area contributed by atoms with Crippen molar-refractivity contribution < 1.29 is 4.79 Å². The van der Waals surface area contributed by atoms with E-state index in [0.717, 1.165) is 18.7 Å². The van der Waals surface area contributed by atoms with Crippen LogP contribution in [0.2, 0.25) is 0 Å². The molecule has 1 aromatic rings. The summed E-state index contributed by atoms with van der Waals surface area (Å²) in [5.74, 6) is 0.259. The Kier molecular flexibility index (Phi) is 2.28. The number of rotatable bonds is 1. The number of amides is 1. The van der Waals surface area contributed by atoms with Gasteiger partial charge >= 0.3 is 0 Å². The van der Waals surface area contributed by atoms with Crippen molar-refractivity contribution in [2.24, 2.45) is 0 Å². The van der Waals surface area contributed by atoms with Gasteiger partial charge in [0.25, 0.3) is 0 Å². The second kappa shape index (κ2) is 3.45. The first-order valence-electron chi connectivity index (χ1n) is 5.13. The lowest BCUT2D eigenvalue weighted by Crippen LogP contribution is -2.35. The van der Waals surface area contributed by atoms with Crippen molar-refractivity contribution in [3.05, 3.63) is 29.3 Å². The van der Waals surface area contributed by atoms with E-state index in [0.29, 0.717) is 6.42 Å². The Morgan fingerprint density at radius 3 is 2.86 bits per heavy atom. The van der Waals surface area contributed by atoms with Gasteiger partial charge in [-0.25, -0.2) is 0 Å². The average Bonchev–Trinajstić information content (AvgIpc) is 2.19. The molecule has 0 bridgehead atoms. The zero-order chi connectivity index (χ0) is 10.1. The van der Waals surface area contributed by atoms with Gasteiger partial charge in [0.1, 0.15) is 0 Å². The second-order valence-corrected chi connectivity index (χ2v) is 3.72.